The monoisotopic (exact) mass is 694 g/mol. The number of hydrogen-bond donors (Lipinski definition) is 11. The van der Waals surface area contributed by atoms with Gasteiger partial charge in [0.15, 0.2) is 17.5 Å². The number of aliphatic hydroxyl groups is 2. The number of rotatable bonds is 9. The Morgan fingerprint density at radius 3 is 1.80 bits per heavy atom. The fraction of sp³-hybridized carbons (Fsp3) is 0.438. The Kier molecular flexibility index (Phi) is 10.0. The molecule has 18 nitrogen and oxygen atoms in total. The molecule has 7 atom stereocenters. The zero-order valence-corrected chi connectivity index (χ0v) is 27.0. The number of aromatic hydroxyl groups is 2. The van der Waals surface area contributed by atoms with Gasteiger partial charge in [0.2, 0.25) is 17.5 Å². The van der Waals surface area contributed by atoms with E-state index in [1.165, 1.54) is 24.3 Å². The van der Waals surface area contributed by atoms with Gasteiger partial charge in [0.1, 0.15) is 18.0 Å². The van der Waals surface area contributed by atoms with Gasteiger partial charge < -0.3 is 59.3 Å². The summed E-state index contributed by atoms with van der Waals surface area (Å²) in [6, 6.07) is 11.2. The highest BCUT2D eigenvalue weighted by molar-refractivity contribution is 6.01. The Hall–Kier alpha value is -5.62. The molecule has 2 heterocycles. The minimum Gasteiger partial charge on any atom is -0.508 e. The maximum atomic E-state index is 14.1. The van der Waals surface area contributed by atoms with Crippen molar-refractivity contribution in [1.29, 1.82) is 0 Å². The largest absolute Gasteiger partial charge is 0.508 e. The lowest BCUT2D eigenvalue weighted by Gasteiger charge is -2.53. The van der Waals surface area contributed by atoms with Crippen LogP contribution in [0.4, 0.5) is 0 Å². The van der Waals surface area contributed by atoms with Gasteiger partial charge in [-0.3, -0.25) is 34.1 Å². The van der Waals surface area contributed by atoms with Crippen molar-refractivity contribution in [2.45, 2.75) is 54.5 Å². The smallest absolute Gasteiger partial charge is 0.274 e. The summed E-state index contributed by atoms with van der Waals surface area (Å²) in [6.07, 6.45) is -0.542. The second kappa shape index (κ2) is 14.1. The quantitative estimate of drug-likeness (QED) is 0.0698. The summed E-state index contributed by atoms with van der Waals surface area (Å²) in [7, 11) is 0. The van der Waals surface area contributed by atoms with Crippen molar-refractivity contribution in [2.24, 2.45) is 38.8 Å². The van der Waals surface area contributed by atoms with Gasteiger partial charge in [0.05, 0.1) is 24.5 Å². The summed E-state index contributed by atoms with van der Waals surface area (Å²) in [5.74, 6) is -6.72. The molecule has 3 aliphatic rings. The van der Waals surface area contributed by atoms with Crippen LogP contribution in [0.2, 0.25) is 0 Å². The zero-order chi connectivity index (χ0) is 36.4. The van der Waals surface area contributed by atoms with Crippen LogP contribution in [-0.4, -0.2) is 110 Å². The van der Waals surface area contributed by atoms with Crippen LogP contribution in [0, 0.1) is 5.92 Å². The van der Waals surface area contributed by atoms with E-state index in [9.17, 15) is 39.6 Å². The van der Waals surface area contributed by atoms with Crippen molar-refractivity contribution in [3.63, 3.8) is 0 Å². The number of nitrogens with two attached hydrogens (primary N) is 4. The van der Waals surface area contributed by atoms with E-state index in [4.69, 9.17) is 22.9 Å². The highest BCUT2D eigenvalue weighted by atomic mass is 16.4. The third kappa shape index (κ3) is 6.79. The Morgan fingerprint density at radius 2 is 1.28 bits per heavy atom. The molecule has 0 unspecified atom stereocenters. The maximum Gasteiger partial charge on any atom is 0.274 e. The Labute approximate surface area is 286 Å². The molecule has 2 saturated heterocycles. The van der Waals surface area contributed by atoms with Crippen LogP contribution in [0.5, 0.6) is 11.5 Å². The molecule has 0 spiro atoms. The van der Waals surface area contributed by atoms with Crippen LogP contribution < -0.4 is 38.9 Å². The third-order valence-electron chi connectivity index (χ3n) is 9.62. The van der Waals surface area contributed by atoms with E-state index in [0.717, 1.165) is 5.56 Å². The van der Waals surface area contributed by atoms with Crippen LogP contribution in [0.3, 0.4) is 0 Å². The van der Waals surface area contributed by atoms with Crippen LogP contribution in [0.1, 0.15) is 42.2 Å². The number of carbonyl (C=O) groups is 4. The molecule has 2 aliphatic heterocycles. The number of fused-ring (bicyclic) bond motifs is 2. The number of nitrogens with one attached hydrogen (secondary N) is 3. The predicted octanol–water partition coefficient (Wildman–Crippen LogP) is -3.33. The average Bonchev–Trinajstić information content (AvgIpc) is 3.21. The Morgan fingerprint density at radius 1 is 0.780 bits per heavy atom. The summed E-state index contributed by atoms with van der Waals surface area (Å²) < 4.78 is 0. The molecule has 50 heavy (non-hydrogen) atoms. The van der Waals surface area contributed by atoms with E-state index < -0.39 is 77.9 Å². The van der Waals surface area contributed by atoms with Gasteiger partial charge in [-0.25, -0.2) is 0 Å². The first-order valence-corrected chi connectivity index (χ1v) is 16.0. The molecule has 5 rings (SSSR count). The van der Waals surface area contributed by atoms with Crippen molar-refractivity contribution in [1.82, 2.24) is 20.9 Å². The third-order valence-corrected chi connectivity index (χ3v) is 9.62. The number of benzene rings is 2. The summed E-state index contributed by atoms with van der Waals surface area (Å²) in [4.78, 5) is 63.5. The summed E-state index contributed by atoms with van der Waals surface area (Å²) >= 11 is 0. The van der Waals surface area contributed by atoms with E-state index in [1.54, 1.807) is 24.3 Å². The zero-order valence-electron chi connectivity index (χ0n) is 27.0. The minimum absolute atomic E-state index is 0.00768. The van der Waals surface area contributed by atoms with Gasteiger partial charge >= 0.3 is 0 Å². The standard InChI is InChI=1S/C32H42N10O8/c33-29(34)37-12-1-11-31(49)20(10-13-38-30(35)36)32(50)27(47)39-14-21(45)40-25-23(16-2-6-18(43)7-3-16)24(17-4-8-19(44)9-5-17)26(25)41-22(46)15-42(32)28(31)48/h2-9,20,23-26,43-44,49-50H,1,10-15H2,(H,39,47)(H,40,45)(H,41,46)(H4,33,34,37)(H4,35,36,38)/t20-,23-,24+,25+,26-,31+,32+/m1/s1. The number of nitrogens with zero attached hydrogens (tertiary/aromatic N) is 3. The van der Waals surface area contributed by atoms with Crippen LogP contribution in [0.25, 0.3) is 0 Å². The molecule has 4 amide bonds. The fourth-order valence-electron chi connectivity index (χ4n) is 7.36. The van der Waals surface area contributed by atoms with Crippen molar-refractivity contribution in [3.8, 4) is 11.5 Å². The highest BCUT2D eigenvalue weighted by Crippen LogP contribution is 2.50. The van der Waals surface area contributed by atoms with Crippen molar-refractivity contribution in [2.75, 3.05) is 26.2 Å². The lowest BCUT2D eigenvalue weighted by atomic mass is 9.59. The number of phenols is 2. The molecule has 3 fully saturated rings. The fourth-order valence-corrected chi connectivity index (χ4v) is 7.36. The molecular weight excluding hydrogens is 652 g/mol. The minimum atomic E-state index is -2.82. The van der Waals surface area contributed by atoms with Crippen molar-refractivity contribution >= 4 is 35.5 Å². The van der Waals surface area contributed by atoms with Crippen molar-refractivity contribution in [3.05, 3.63) is 59.7 Å². The first kappa shape index (κ1) is 35.7. The lowest BCUT2D eigenvalue weighted by molar-refractivity contribution is -0.174. The molecule has 1 aliphatic carbocycles. The SMILES string of the molecule is NC(N)=NCCC[C@@]1(O)C(=O)N2CC(=O)N[C@H]3[C@@H](NC(=O)CNC(=O)[C@@]2(O)[C@@H]1CCN=C(N)N)[C@H](c1ccc(O)cc1)[C@@H]3c1ccc(O)cc1. The van der Waals surface area contributed by atoms with Gasteiger partial charge in [-0.15, -0.1) is 0 Å². The predicted molar refractivity (Wildman–Crippen MR) is 179 cm³/mol. The molecule has 18 heteroatoms. The summed E-state index contributed by atoms with van der Waals surface area (Å²) in [5, 5.41) is 52.1. The van der Waals surface area contributed by atoms with Crippen LogP contribution >= 0.6 is 0 Å². The molecule has 2 aromatic rings. The molecule has 0 aromatic heterocycles. The number of guanidine groups is 2. The second-order valence-corrected chi connectivity index (χ2v) is 12.7. The topological polar surface area (TPSA) is 317 Å². The number of carbonyl (C=O) groups excluding carboxylic acids is 4. The molecule has 0 radical (unpaired) electrons. The molecule has 2 aromatic carbocycles. The Balaban J connectivity index is 1.53. The van der Waals surface area contributed by atoms with E-state index in [0.29, 0.717) is 10.5 Å². The average molecular weight is 695 g/mol. The number of amides is 4. The molecule has 268 valence electrons. The number of hydrogen-bond acceptors (Lipinski definition) is 10. The molecular formula is C32H42N10O8. The van der Waals surface area contributed by atoms with E-state index in [1.807, 2.05) is 0 Å². The van der Waals surface area contributed by atoms with Gasteiger partial charge in [-0.2, -0.15) is 0 Å². The van der Waals surface area contributed by atoms with Gasteiger partial charge in [-0.05, 0) is 54.7 Å². The van der Waals surface area contributed by atoms with Gasteiger partial charge in [-0.1, -0.05) is 24.3 Å². The highest BCUT2D eigenvalue weighted by Gasteiger charge is 2.69. The van der Waals surface area contributed by atoms with Gasteiger partial charge in [0.25, 0.3) is 11.8 Å². The number of aliphatic imine (C=N–C) groups is 2. The Bertz CT molecular complexity index is 1680. The first-order chi connectivity index (χ1) is 23.7. The summed E-state index contributed by atoms with van der Waals surface area (Å²) in [6.45, 7) is -1.67. The molecule has 15 N–H and O–H groups in total. The van der Waals surface area contributed by atoms with Crippen molar-refractivity contribution < 1.29 is 39.6 Å². The summed E-state index contributed by atoms with van der Waals surface area (Å²) in [5.41, 5.74) is 18.0. The maximum absolute atomic E-state index is 14.1. The second-order valence-electron chi connectivity index (χ2n) is 12.7. The number of phenolic OH excluding ortho intramolecular Hbond substituents is 2. The lowest BCUT2D eigenvalue weighted by Crippen LogP contribution is -2.70. The normalized spacial score (nSPS) is 29.5. The molecule has 1 saturated carbocycles. The van der Waals surface area contributed by atoms with Crippen LogP contribution in [0.15, 0.2) is 58.5 Å². The van der Waals surface area contributed by atoms with Crippen LogP contribution in [-0.2, 0) is 19.2 Å². The van der Waals surface area contributed by atoms with Gasteiger partial charge in [0, 0.05) is 24.9 Å². The van der Waals surface area contributed by atoms with E-state index in [-0.39, 0.29) is 55.8 Å². The van der Waals surface area contributed by atoms with E-state index >= 15 is 0 Å². The molecule has 0 bridgehead atoms. The first-order valence-electron chi connectivity index (χ1n) is 16.0. The van der Waals surface area contributed by atoms with E-state index in [2.05, 4.69) is 25.9 Å².